The molecule has 0 saturated carbocycles. The van der Waals surface area contributed by atoms with E-state index in [0.717, 1.165) is 45.8 Å². The molecule has 4 aromatic heterocycles. The van der Waals surface area contributed by atoms with Crippen LogP contribution in [0.5, 0.6) is 0 Å². The Morgan fingerprint density at radius 2 is 1.18 bits per heavy atom. The number of hydrogen-bond acceptors (Lipinski definition) is 5. The molecule has 0 saturated heterocycles. The van der Waals surface area contributed by atoms with Gasteiger partial charge in [-0.1, -0.05) is 113 Å². The van der Waals surface area contributed by atoms with E-state index in [9.17, 15) is 0 Å². The highest BCUT2D eigenvalue weighted by Gasteiger charge is 2.38. The molecule has 276 valence electrons. The topological polar surface area (TPSA) is 69.4 Å². The first-order valence-electron chi connectivity index (χ1n) is 20.1. The molecule has 0 spiro atoms. The van der Waals surface area contributed by atoms with Crippen LogP contribution in [-0.2, 0) is 10.8 Å². The Labute approximate surface area is 331 Å². The van der Waals surface area contributed by atoms with Gasteiger partial charge in [-0.05, 0) is 101 Å². The highest BCUT2D eigenvalue weighted by Crippen LogP contribution is 2.49. The number of aromatic nitrogens is 6. The average Bonchev–Trinajstić information content (AvgIpc) is 3.56. The summed E-state index contributed by atoms with van der Waals surface area (Å²) in [5, 5.41) is 7.18. The number of benzene rings is 5. The van der Waals surface area contributed by atoms with Crippen molar-refractivity contribution in [3.05, 3.63) is 151 Å². The second-order valence-electron chi connectivity index (χ2n) is 17.1. The fourth-order valence-electron chi connectivity index (χ4n) is 9.27. The van der Waals surface area contributed by atoms with Gasteiger partial charge >= 0.3 is 0 Å². The number of hydrogen-bond donors (Lipinski definition) is 0. The van der Waals surface area contributed by atoms with Crippen LogP contribution in [-0.4, -0.2) is 29.5 Å². The molecule has 0 aliphatic heterocycles. The third-order valence-corrected chi connectivity index (χ3v) is 12.6. The first-order chi connectivity index (χ1) is 27.7. The zero-order chi connectivity index (χ0) is 38.5. The lowest BCUT2D eigenvalue weighted by molar-refractivity contribution is 0.332. The number of fused-ring (bicyclic) bond motifs is 8. The van der Waals surface area contributed by atoms with Crippen molar-refractivity contribution in [1.29, 1.82) is 0 Å². The zero-order valence-electron chi connectivity index (χ0n) is 32.7. The van der Waals surface area contributed by atoms with Crippen LogP contribution in [0.15, 0.2) is 134 Å². The Kier molecular flexibility index (Phi) is 7.40. The Morgan fingerprint density at radius 1 is 0.544 bits per heavy atom. The smallest absolute Gasteiger partial charge is 0.182 e. The Balaban J connectivity index is 1.12. The third kappa shape index (κ3) is 5.49. The molecule has 0 unspecified atom stereocenters. The molecule has 0 atom stereocenters. The van der Waals surface area contributed by atoms with Gasteiger partial charge in [0, 0.05) is 44.6 Å². The zero-order valence-corrected chi connectivity index (χ0v) is 32.7. The molecule has 9 aromatic rings. The quantitative estimate of drug-likeness (QED) is 0.168. The summed E-state index contributed by atoms with van der Waals surface area (Å²) in [6, 6.07) is 41.0. The molecule has 5 aromatic carbocycles. The van der Waals surface area contributed by atoms with Gasteiger partial charge in [-0.15, -0.1) is 0 Å². The van der Waals surface area contributed by atoms with E-state index < -0.39 is 0 Å². The summed E-state index contributed by atoms with van der Waals surface area (Å²) in [6.07, 6.45) is 10.5. The van der Waals surface area contributed by atoms with E-state index in [4.69, 9.17) is 24.9 Å². The lowest BCUT2D eigenvalue weighted by Gasteiger charge is -2.42. The summed E-state index contributed by atoms with van der Waals surface area (Å²) in [7, 11) is 0. The summed E-state index contributed by atoms with van der Waals surface area (Å²) < 4.78 is 2.53. The van der Waals surface area contributed by atoms with Crippen LogP contribution in [0.3, 0.4) is 0 Å². The molecule has 4 heterocycles. The highest BCUT2D eigenvalue weighted by molar-refractivity contribution is 6.15. The minimum Gasteiger partial charge on any atom is -0.313 e. The molecule has 0 radical (unpaired) electrons. The van der Waals surface area contributed by atoms with E-state index >= 15 is 0 Å². The van der Waals surface area contributed by atoms with Gasteiger partial charge in [0.15, 0.2) is 17.5 Å². The molecule has 0 amide bonds. The lowest BCUT2D eigenvalue weighted by atomic mass is 9.63. The molecule has 6 heteroatoms. The molecule has 0 N–H and O–H groups in total. The van der Waals surface area contributed by atoms with Crippen molar-refractivity contribution in [3.63, 3.8) is 0 Å². The maximum atomic E-state index is 5.19. The standard InChI is InChI=1S/C51H42N6/c1-50(2)23-24-51(3,4)41-30-44-39(29-40(41)50)38-27-34-14-8-9-15-35(34)28-43(38)57(44)37-18-10-16-36(26-37)48-54-47(33-12-6-5-7-13-33)55-49(56-48)42-22-21-32-20-19-31-17-11-25-52-45(31)46(32)53-42/h5-9,11-17,19-22,25-30H,10,18,23-24H2,1-4H3. The first-order valence-corrected chi connectivity index (χ1v) is 20.1. The van der Waals surface area contributed by atoms with Crippen LogP contribution < -0.4 is 0 Å². The van der Waals surface area contributed by atoms with Crippen molar-refractivity contribution in [1.82, 2.24) is 29.5 Å². The number of pyridine rings is 2. The number of rotatable bonds is 4. The normalized spacial score (nSPS) is 16.3. The second-order valence-corrected chi connectivity index (χ2v) is 17.1. The predicted molar refractivity (Wildman–Crippen MR) is 235 cm³/mol. The fourth-order valence-corrected chi connectivity index (χ4v) is 9.27. The first kappa shape index (κ1) is 33.8. The molecule has 0 fully saturated rings. The van der Waals surface area contributed by atoms with Crippen molar-refractivity contribution < 1.29 is 0 Å². The molecule has 6 nitrogen and oxygen atoms in total. The van der Waals surface area contributed by atoms with Crippen molar-refractivity contribution in [2.24, 2.45) is 0 Å². The minimum atomic E-state index is 0.0886. The Morgan fingerprint density at radius 3 is 1.98 bits per heavy atom. The van der Waals surface area contributed by atoms with Crippen LogP contribution in [0.25, 0.3) is 88.6 Å². The van der Waals surface area contributed by atoms with E-state index in [1.807, 2.05) is 36.5 Å². The predicted octanol–water partition coefficient (Wildman–Crippen LogP) is 12.6. The van der Waals surface area contributed by atoms with Crippen molar-refractivity contribution in [2.45, 2.75) is 64.2 Å². The van der Waals surface area contributed by atoms with E-state index in [1.165, 1.54) is 62.2 Å². The highest BCUT2D eigenvalue weighted by atomic mass is 15.1. The number of nitrogens with zero attached hydrogens (tertiary/aromatic N) is 6. The number of allylic oxidation sites excluding steroid dienone is 4. The van der Waals surface area contributed by atoms with Gasteiger partial charge in [0.25, 0.3) is 0 Å². The van der Waals surface area contributed by atoms with E-state index in [0.29, 0.717) is 23.2 Å². The van der Waals surface area contributed by atoms with Gasteiger partial charge in [-0.2, -0.15) is 0 Å². The van der Waals surface area contributed by atoms with E-state index in [1.54, 1.807) is 0 Å². The summed E-state index contributed by atoms with van der Waals surface area (Å²) in [6.45, 7) is 9.67. The Hall–Kier alpha value is -6.53. The second kappa shape index (κ2) is 12.5. The summed E-state index contributed by atoms with van der Waals surface area (Å²) >= 11 is 0. The average molecular weight is 739 g/mol. The minimum absolute atomic E-state index is 0.0886. The van der Waals surface area contributed by atoms with Crippen molar-refractivity contribution in [3.8, 4) is 22.9 Å². The van der Waals surface area contributed by atoms with Gasteiger partial charge in [0.1, 0.15) is 5.69 Å². The monoisotopic (exact) mass is 738 g/mol. The van der Waals surface area contributed by atoms with Crippen molar-refractivity contribution >= 4 is 65.7 Å². The SMILES string of the molecule is CC1(C)CCC(C)(C)c2cc3c(cc21)c1cc2ccccc2cc1n3C1=CC(c2nc(-c3ccccc3)nc(-c3ccc4ccc5cccnc5c4n3)n2)=CCC1. The van der Waals surface area contributed by atoms with Gasteiger partial charge in [-0.3, -0.25) is 4.98 Å². The van der Waals surface area contributed by atoms with Crippen LogP contribution in [0.1, 0.15) is 70.3 Å². The van der Waals surface area contributed by atoms with E-state index in [2.05, 4.69) is 129 Å². The maximum absolute atomic E-state index is 5.19. The molecule has 2 aliphatic rings. The molecule has 2 aliphatic carbocycles. The van der Waals surface area contributed by atoms with Gasteiger partial charge in [-0.25, -0.2) is 19.9 Å². The fraction of sp³-hybridized carbons (Fsp3) is 0.196. The molecule has 11 rings (SSSR count). The van der Waals surface area contributed by atoms with Crippen LogP contribution in [0.4, 0.5) is 0 Å². The summed E-state index contributed by atoms with van der Waals surface area (Å²) in [4.78, 5) is 25.2. The van der Waals surface area contributed by atoms with Gasteiger partial charge < -0.3 is 4.57 Å². The van der Waals surface area contributed by atoms with Crippen LogP contribution >= 0.6 is 0 Å². The maximum Gasteiger partial charge on any atom is 0.182 e. The molecule has 57 heavy (non-hydrogen) atoms. The van der Waals surface area contributed by atoms with Crippen LogP contribution in [0.2, 0.25) is 0 Å². The Bertz CT molecular complexity index is 3180. The van der Waals surface area contributed by atoms with Crippen LogP contribution in [0, 0.1) is 0 Å². The summed E-state index contributed by atoms with van der Waals surface area (Å²) in [5.74, 6) is 1.80. The van der Waals surface area contributed by atoms with Crippen molar-refractivity contribution in [2.75, 3.05) is 0 Å². The lowest BCUT2D eigenvalue weighted by Crippen LogP contribution is -2.33. The largest absolute Gasteiger partial charge is 0.313 e. The third-order valence-electron chi connectivity index (χ3n) is 12.6. The van der Waals surface area contributed by atoms with E-state index in [-0.39, 0.29) is 10.8 Å². The molecular weight excluding hydrogens is 697 g/mol. The molecule has 0 bridgehead atoms. The van der Waals surface area contributed by atoms with Gasteiger partial charge in [0.05, 0.1) is 22.1 Å². The molecular formula is C51H42N6. The summed E-state index contributed by atoms with van der Waals surface area (Å²) in [5.41, 5.74) is 11.2. The van der Waals surface area contributed by atoms with Gasteiger partial charge in [0.2, 0.25) is 0 Å².